The molecule has 2 unspecified atom stereocenters. The quantitative estimate of drug-likeness (QED) is 0.917. The molecule has 2 aliphatic heterocycles. The Morgan fingerprint density at radius 3 is 2.83 bits per heavy atom. The summed E-state index contributed by atoms with van der Waals surface area (Å²) in [4.78, 5) is 14.7. The number of hydrogen-bond acceptors (Lipinski definition) is 3. The second kappa shape index (κ2) is 8.02. The lowest BCUT2D eigenvalue weighted by Crippen LogP contribution is -2.42. The second-order valence-electron chi connectivity index (χ2n) is 6.55. The highest BCUT2D eigenvalue weighted by atomic mass is 35.5. The van der Waals surface area contributed by atoms with Crippen LogP contribution in [0.25, 0.3) is 0 Å². The minimum absolute atomic E-state index is 0. The van der Waals surface area contributed by atoms with Gasteiger partial charge in [-0.3, -0.25) is 4.79 Å². The molecule has 2 atom stereocenters. The van der Waals surface area contributed by atoms with Crippen LogP contribution in [0.2, 0.25) is 0 Å². The van der Waals surface area contributed by atoms with Gasteiger partial charge in [0.25, 0.3) is 0 Å². The number of amides is 1. The van der Waals surface area contributed by atoms with Crippen molar-refractivity contribution in [2.24, 2.45) is 0 Å². The summed E-state index contributed by atoms with van der Waals surface area (Å²) in [6.07, 6.45) is 3.86. The van der Waals surface area contributed by atoms with Gasteiger partial charge in [0.2, 0.25) is 5.91 Å². The van der Waals surface area contributed by atoms with Crippen LogP contribution in [0.3, 0.4) is 0 Å². The van der Waals surface area contributed by atoms with Gasteiger partial charge in [0.1, 0.15) is 5.75 Å². The molecule has 1 aromatic carbocycles. The summed E-state index contributed by atoms with van der Waals surface area (Å²) in [5.41, 5.74) is 2.36. The Bertz CT molecular complexity index is 536. The summed E-state index contributed by atoms with van der Waals surface area (Å²) >= 11 is 0. The van der Waals surface area contributed by atoms with Crippen LogP contribution in [-0.2, 0) is 4.79 Å². The topological polar surface area (TPSA) is 41.6 Å². The molecule has 2 bridgehead atoms. The number of hydrogen-bond donors (Lipinski definition) is 1. The largest absolute Gasteiger partial charge is 0.493 e. The van der Waals surface area contributed by atoms with Crippen molar-refractivity contribution < 1.29 is 9.53 Å². The van der Waals surface area contributed by atoms with Gasteiger partial charge in [-0.05, 0) is 51.3 Å². The molecule has 2 fully saturated rings. The van der Waals surface area contributed by atoms with Crippen molar-refractivity contribution in [2.75, 3.05) is 19.7 Å². The summed E-state index contributed by atoms with van der Waals surface area (Å²) in [5.74, 6) is 1.14. The van der Waals surface area contributed by atoms with E-state index in [9.17, 15) is 4.79 Å². The van der Waals surface area contributed by atoms with E-state index in [1.165, 1.54) is 5.56 Å². The number of carbonyl (C=O) groups excluding carboxylic acids is 1. The Morgan fingerprint density at radius 1 is 1.26 bits per heavy atom. The summed E-state index contributed by atoms with van der Waals surface area (Å²) in [6, 6.07) is 6.98. The average Bonchev–Trinajstić information content (AvgIpc) is 2.74. The predicted octanol–water partition coefficient (Wildman–Crippen LogP) is 2.85. The minimum Gasteiger partial charge on any atom is -0.493 e. The van der Waals surface area contributed by atoms with E-state index in [0.717, 1.165) is 43.7 Å². The number of nitrogens with one attached hydrogen (secondary N) is 1. The monoisotopic (exact) mass is 338 g/mol. The minimum atomic E-state index is 0. The van der Waals surface area contributed by atoms with Gasteiger partial charge in [-0.15, -0.1) is 12.4 Å². The zero-order valence-electron chi connectivity index (χ0n) is 14.0. The number of benzene rings is 1. The fourth-order valence-electron chi connectivity index (χ4n) is 3.73. The molecule has 5 heteroatoms. The number of aryl methyl sites for hydroxylation is 2. The molecule has 0 spiro atoms. The normalized spacial score (nSPS) is 23.1. The van der Waals surface area contributed by atoms with Gasteiger partial charge in [-0.2, -0.15) is 0 Å². The summed E-state index contributed by atoms with van der Waals surface area (Å²) in [5, 5.41) is 3.43. The Hall–Kier alpha value is -1.26. The lowest BCUT2D eigenvalue weighted by Gasteiger charge is -2.28. The van der Waals surface area contributed by atoms with Gasteiger partial charge in [0.05, 0.1) is 13.0 Å². The summed E-state index contributed by atoms with van der Waals surface area (Å²) in [6.45, 7) is 6.56. The number of rotatable bonds is 4. The number of ether oxygens (including phenoxy) is 1. The smallest absolute Gasteiger partial charge is 0.226 e. The third-order valence-corrected chi connectivity index (χ3v) is 4.85. The van der Waals surface area contributed by atoms with Gasteiger partial charge in [0, 0.05) is 18.6 Å². The lowest BCUT2D eigenvalue weighted by atomic mass is 10.1. The van der Waals surface area contributed by atoms with E-state index in [2.05, 4.69) is 23.2 Å². The molecule has 23 heavy (non-hydrogen) atoms. The molecule has 128 valence electrons. The maximum Gasteiger partial charge on any atom is 0.226 e. The molecule has 4 nitrogen and oxygen atoms in total. The van der Waals surface area contributed by atoms with Gasteiger partial charge < -0.3 is 15.0 Å². The predicted molar refractivity (Wildman–Crippen MR) is 94.4 cm³/mol. The second-order valence-corrected chi connectivity index (χ2v) is 6.55. The van der Waals surface area contributed by atoms with Gasteiger partial charge >= 0.3 is 0 Å². The first kappa shape index (κ1) is 18.1. The Morgan fingerprint density at radius 2 is 2.04 bits per heavy atom. The van der Waals surface area contributed by atoms with Crippen LogP contribution in [0.5, 0.6) is 5.75 Å². The summed E-state index contributed by atoms with van der Waals surface area (Å²) < 4.78 is 5.81. The Kier molecular flexibility index (Phi) is 6.31. The molecule has 2 aliphatic rings. The standard InChI is InChI=1S/C18H26N2O2.ClH/c1-13-3-6-17(14(2)11-13)22-10-8-18(21)20-15-4-5-16(20)12-19-9-7-15;/h3,6,11,15-16,19H,4-5,7-10,12H2,1-2H3;1H. The van der Waals surface area contributed by atoms with Crippen LogP contribution in [0, 0.1) is 13.8 Å². The molecular formula is C18H27ClN2O2. The Balaban J connectivity index is 0.00000192. The van der Waals surface area contributed by atoms with Crippen molar-refractivity contribution in [3.8, 4) is 5.75 Å². The molecule has 0 radical (unpaired) electrons. The molecule has 0 saturated carbocycles. The highest BCUT2D eigenvalue weighted by Gasteiger charge is 2.37. The first-order chi connectivity index (χ1) is 10.6. The van der Waals surface area contributed by atoms with E-state index in [0.29, 0.717) is 25.1 Å². The highest BCUT2D eigenvalue weighted by Crippen LogP contribution is 2.28. The average molecular weight is 339 g/mol. The van der Waals surface area contributed by atoms with Crippen LogP contribution in [0.15, 0.2) is 18.2 Å². The van der Waals surface area contributed by atoms with Crippen molar-refractivity contribution in [2.45, 2.75) is 51.6 Å². The van der Waals surface area contributed by atoms with Crippen LogP contribution in [0.4, 0.5) is 0 Å². The molecule has 2 saturated heterocycles. The van der Waals surface area contributed by atoms with Crippen molar-refractivity contribution in [1.82, 2.24) is 10.2 Å². The third-order valence-electron chi connectivity index (χ3n) is 4.85. The van der Waals surface area contributed by atoms with Gasteiger partial charge in [0.15, 0.2) is 0 Å². The van der Waals surface area contributed by atoms with E-state index < -0.39 is 0 Å². The fraction of sp³-hybridized carbons (Fsp3) is 0.611. The molecule has 0 aliphatic carbocycles. The lowest BCUT2D eigenvalue weighted by molar-refractivity contribution is -0.134. The number of nitrogens with zero attached hydrogens (tertiary/aromatic N) is 1. The van der Waals surface area contributed by atoms with Crippen LogP contribution in [0.1, 0.15) is 36.8 Å². The number of halogens is 1. The molecule has 0 aromatic heterocycles. The van der Waals surface area contributed by atoms with E-state index >= 15 is 0 Å². The first-order valence-corrected chi connectivity index (χ1v) is 8.37. The van der Waals surface area contributed by atoms with E-state index in [4.69, 9.17) is 4.74 Å². The van der Waals surface area contributed by atoms with Gasteiger partial charge in [-0.1, -0.05) is 17.7 Å². The van der Waals surface area contributed by atoms with Crippen molar-refractivity contribution >= 4 is 18.3 Å². The number of carbonyl (C=O) groups is 1. The van der Waals surface area contributed by atoms with Crippen LogP contribution < -0.4 is 10.1 Å². The SMILES string of the molecule is Cc1ccc(OCCC(=O)N2C3CCNCC2CC3)c(C)c1.Cl. The van der Waals surface area contributed by atoms with Crippen molar-refractivity contribution in [3.05, 3.63) is 29.3 Å². The molecule has 1 amide bonds. The van der Waals surface area contributed by atoms with Crippen molar-refractivity contribution in [3.63, 3.8) is 0 Å². The maximum absolute atomic E-state index is 12.6. The van der Waals surface area contributed by atoms with E-state index in [1.807, 2.05) is 19.1 Å². The summed E-state index contributed by atoms with van der Waals surface area (Å²) in [7, 11) is 0. The van der Waals surface area contributed by atoms with E-state index in [1.54, 1.807) is 0 Å². The molecule has 1 aromatic rings. The fourth-order valence-corrected chi connectivity index (χ4v) is 3.73. The third kappa shape index (κ3) is 4.18. The zero-order chi connectivity index (χ0) is 15.5. The zero-order valence-corrected chi connectivity index (χ0v) is 14.8. The van der Waals surface area contributed by atoms with E-state index in [-0.39, 0.29) is 18.3 Å². The Labute approximate surface area is 145 Å². The maximum atomic E-state index is 12.6. The number of fused-ring (bicyclic) bond motifs is 2. The first-order valence-electron chi connectivity index (χ1n) is 8.37. The molecule has 3 rings (SSSR count). The van der Waals surface area contributed by atoms with Gasteiger partial charge in [-0.25, -0.2) is 0 Å². The molecule has 1 N–H and O–H groups in total. The van der Waals surface area contributed by atoms with Crippen LogP contribution in [-0.4, -0.2) is 42.6 Å². The highest BCUT2D eigenvalue weighted by molar-refractivity contribution is 5.85. The molecule has 2 heterocycles. The molecular weight excluding hydrogens is 312 g/mol. The van der Waals surface area contributed by atoms with Crippen molar-refractivity contribution in [1.29, 1.82) is 0 Å². The van der Waals surface area contributed by atoms with Crippen LogP contribution >= 0.6 is 12.4 Å².